The van der Waals surface area contributed by atoms with E-state index in [0.29, 0.717) is 11.1 Å². The first-order valence-corrected chi connectivity index (χ1v) is 5.60. The van der Waals surface area contributed by atoms with Gasteiger partial charge in [-0.1, -0.05) is 17.7 Å². The van der Waals surface area contributed by atoms with E-state index in [1.807, 2.05) is 12.1 Å². The van der Waals surface area contributed by atoms with Crippen LogP contribution in [-0.2, 0) is 4.74 Å². The number of ether oxygens (including phenoxy) is 1. The van der Waals surface area contributed by atoms with E-state index in [0.717, 1.165) is 31.6 Å². The standard InChI is InChI=1S/C11H15ClN2O/c12-11-9(2-1-5-14-11)10(13)8-3-6-15-7-4-8/h1-2,5,8,10H,3-4,6-7,13H2/t10-/m0/s1. The second-order valence-electron chi connectivity index (χ2n) is 3.86. The Labute approximate surface area is 94.6 Å². The minimum absolute atomic E-state index is 0.0184. The summed E-state index contributed by atoms with van der Waals surface area (Å²) in [7, 11) is 0. The van der Waals surface area contributed by atoms with Crippen LogP contribution in [0.5, 0.6) is 0 Å². The lowest BCUT2D eigenvalue weighted by atomic mass is 9.88. The molecule has 1 aliphatic rings. The van der Waals surface area contributed by atoms with Crippen LogP contribution < -0.4 is 5.73 Å². The number of nitrogens with two attached hydrogens (primary N) is 1. The molecule has 0 aromatic carbocycles. The molecular weight excluding hydrogens is 212 g/mol. The molecule has 0 amide bonds. The van der Waals surface area contributed by atoms with Crippen LogP contribution in [-0.4, -0.2) is 18.2 Å². The van der Waals surface area contributed by atoms with Crippen molar-refractivity contribution in [3.63, 3.8) is 0 Å². The predicted molar refractivity (Wildman–Crippen MR) is 59.7 cm³/mol. The van der Waals surface area contributed by atoms with Crippen LogP contribution in [0.3, 0.4) is 0 Å². The molecule has 1 saturated heterocycles. The molecule has 4 heteroatoms. The largest absolute Gasteiger partial charge is 0.381 e. The fraction of sp³-hybridized carbons (Fsp3) is 0.545. The number of hydrogen-bond donors (Lipinski definition) is 1. The highest BCUT2D eigenvalue weighted by Crippen LogP contribution is 2.30. The highest BCUT2D eigenvalue weighted by Gasteiger charge is 2.23. The van der Waals surface area contributed by atoms with E-state index in [1.165, 1.54) is 0 Å². The van der Waals surface area contributed by atoms with Crippen LogP contribution in [0.25, 0.3) is 0 Å². The van der Waals surface area contributed by atoms with Crippen molar-refractivity contribution in [1.29, 1.82) is 0 Å². The third kappa shape index (κ3) is 2.48. The molecule has 2 heterocycles. The van der Waals surface area contributed by atoms with Gasteiger partial charge in [-0.2, -0.15) is 0 Å². The van der Waals surface area contributed by atoms with Crippen LogP contribution in [0.15, 0.2) is 18.3 Å². The van der Waals surface area contributed by atoms with Crippen molar-refractivity contribution in [2.75, 3.05) is 13.2 Å². The van der Waals surface area contributed by atoms with Gasteiger partial charge in [-0.15, -0.1) is 0 Å². The van der Waals surface area contributed by atoms with Crippen molar-refractivity contribution >= 4 is 11.6 Å². The average molecular weight is 227 g/mol. The lowest BCUT2D eigenvalue weighted by molar-refractivity contribution is 0.0583. The molecule has 2 N–H and O–H groups in total. The zero-order valence-corrected chi connectivity index (χ0v) is 9.28. The van der Waals surface area contributed by atoms with Crippen molar-refractivity contribution in [2.45, 2.75) is 18.9 Å². The Kier molecular flexibility index (Phi) is 3.57. The van der Waals surface area contributed by atoms with Crippen LogP contribution in [0.2, 0.25) is 5.15 Å². The topological polar surface area (TPSA) is 48.1 Å². The van der Waals surface area contributed by atoms with E-state index in [2.05, 4.69) is 4.98 Å². The maximum Gasteiger partial charge on any atom is 0.133 e. The third-order valence-electron chi connectivity index (χ3n) is 2.92. The molecule has 3 nitrogen and oxygen atoms in total. The first kappa shape index (κ1) is 10.9. The van der Waals surface area contributed by atoms with Gasteiger partial charge >= 0.3 is 0 Å². The predicted octanol–water partition coefficient (Wildman–Crippen LogP) is 2.16. The molecule has 2 rings (SSSR count). The van der Waals surface area contributed by atoms with Crippen molar-refractivity contribution in [3.8, 4) is 0 Å². The Hall–Kier alpha value is -0.640. The minimum Gasteiger partial charge on any atom is -0.381 e. The molecule has 0 spiro atoms. The second kappa shape index (κ2) is 4.92. The number of rotatable bonds is 2. The van der Waals surface area contributed by atoms with Crippen molar-refractivity contribution in [1.82, 2.24) is 4.98 Å². The monoisotopic (exact) mass is 226 g/mol. The van der Waals surface area contributed by atoms with Gasteiger partial charge in [-0.3, -0.25) is 0 Å². The Morgan fingerprint density at radius 3 is 2.87 bits per heavy atom. The van der Waals surface area contributed by atoms with E-state index >= 15 is 0 Å². The number of nitrogens with zero attached hydrogens (tertiary/aromatic N) is 1. The minimum atomic E-state index is -0.0184. The molecule has 1 aromatic heterocycles. The third-order valence-corrected chi connectivity index (χ3v) is 3.24. The first-order valence-electron chi connectivity index (χ1n) is 5.23. The lowest BCUT2D eigenvalue weighted by Crippen LogP contribution is -2.27. The molecule has 0 aliphatic carbocycles. The molecule has 0 bridgehead atoms. The summed E-state index contributed by atoms with van der Waals surface area (Å²) in [5.74, 6) is 0.459. The quantitative estimate of drug-likeness (QED) is 0.787. The maximum atomic E-state index is 6.19. The van der Waals surface area contributed by atoms with Gasteiger partial charge in [0.15, 0.2) is 0 Å². The summed E-state index contributed by atoms with van der Waals surface area (Å²) in [6.45, 7) is 1.60. The first-order chi connectivity index (χ1) is 7.29. The summed E-state index contributed by atoms with van der Waals surface area (Å²) in [4.78, 5) is 4.05. The summed E-state index contributed by atoms with van der Waals surface area (Å²) in [6.07, 6.45) is 3.70. The van der Waals surface area contributed by atoms with Crippen molar-refractivity contribution in [3.05, 3.63) is 29.0 Å². The van der Waals surface area contributed by atoms with Crippen molar-refractivity contribution in [2.24, 2.45) is 11.7 Å². The summed E-state index contributed by atoms with van der Waals surface area (Å²) >= 11 is 6.02. The van der Waals surface area contributed by atoms with Gasteiger partial charge in [-0.25, -0.2) is 4.98 Å². The second-order valence-corrected chi connectivity index (χ2v) is 4.22. The number of aromatic nitrogens is 1. The van der Waals surface area contributed by atoms with Crippen LogP contribution in [0.4, 0.5) is 0 Å². The molecule has 82 valence electrons. The highest BCUT2D eigenvalue weighted by molar-refractivity contribution is 6.30. The van der Waals surface area contributed by atoms with E-state index < -0.39 is 0 Å². The average Bonchev–Trinajstić information content (AvgIpc) is 2.30. The van der Waals surface area contributed by atoms with Gasteiger partial charge in [0, 0.05) is 31.0 Å². The van der Waals surface area contributed by atoms with Gasteiger partial charge in [0.1, 0.15) is 5.15 Å². The van der Waals surface area contributed by atoms with Gasteiger partial charge in [-0.05, 0) is 24.8 Å². The van der Waals surface area contributed by atoms with Gasteiger partial charge in [0.25, 0.3) is 0 Å². The van der Waals surface area contributed by atoms with Crippen LogP contribution in [0, 0.1) is 5.92 Å². The van der Waals surface area contributed by atoms with E-state index in [4.69, 9.17) is 22.1 Å². The molecule has 15 heavy (non-hydrogen) atoms. The maximum absolute atomic E-state index is 6.19. The highest BCUT2D eigenvalue weighted by atomic mass is 35.5. The Balaban J connectivity index is 2.12. The fourth-order valence-electron chi connectivity index (χ4n) is 1.98. The molecule has 1 atom stereocenters. The Bertz CT molecular complexity index is 326. The summed E-state index contributed by atoms with van der Waals surface area (Å²) < 4.78 is 5.31. The van der Waals surface area contributed by atoms with Crippen LogP contribution in [0.1, 0.15) is 24.4 Å². The summed E-state index contributed by atoms with van der Waals surface area (Å²) in [5.41, 5.74) is 7.14. The van der Waals surface area contributed by atoms with Crippen molar-refractivity contribution < 1.29 is 4.74 Å². The van der Waals surface area contributed by atoms with E-state index in [1.54, 1.807) is 6.20 Å². The summed E-state index contributed by atoms with van der Waals surface area (Å²) in [6, 6.07) is 3.81. The summed E-state index contributed by atoms with van der Waals surface area (Å²) in [5, 5.41) is 0.525. The number of pyridine rings is 1. The molecular formula is C11H15ClN2O. The molecule has 1 aliphatic heterocycles. The Morgan fingerprint density at radius 1 is 1.47 bits per heavy atom. The SMILES string of the molecule is N[C@H](c1cccnc1Cl)C1CCOCC1. The zero-order chi connectivity index (χ0) is 10.7. The van der Waals surface area contributed by atoms with Gasteiger partial charge in [0.05, 0.1) is 0 Å². The smallest absolute Gasteiger partial charge is 0.133 e. The normalized spacial score (nSPS) is 20.1. The molecule has 1 aromatic rings. The molecule has 0 saturated carbocycles. The Morgan fingerprint density at radius 2 is 2.20 bits per heavy atom. The van der Waals surface area contributed by atoms with Gasteiger partial charge < -0.3 is 10.5 Å². The van der Waals surface area contributed by atoms with E-state index in [9.17, 15) is 0 Å². The van der Waals surface area contributed by atoms with Gasteiger partial charge in [0.2, 0.25) is 0 Å². The molecule has 0 unspecified atom stereocenters. The molecule has 0 radical (unpaired) electrons. The fourth-order valence-corrected chi connectivity index (χ4v) is 2.22. The lowest BCUT2D eigenvalue weighted by Gasteiger charge is -2.28. The number of hydrogen-bond acceptors (Lipinski definition) is 3. The van der Waals surface area contributed by atoms with E-state index in [-0.39, 0.29) is 6.04 Å². The zero-order valence-electron chi connectivity index (χ0n) is 8.53. The number of halogens is 1. The van der Waals surface area contributed by atoms with Crippen LogP contribution >= 0.6 is 11.6 Å². The molecule has 1 fully saturated rings.